The molecule has 2 aromatic rings. The van der Waals surface area contributed by atoms with Crippen LogP contribution < -0.4 is 10.6 Å². The number of hydrogen-bond donors (Lipinski definition) is 2. The van der Waals surface area contributed by atoms with Crippen LogP contribution in [-0.4, -0.2) is 50.5 Å². The maximum Gasteiger partial charge on any atom is 0.253 e. The Hall–Kier alpha value is -2.82. The van der Waals surface area contributed by atoms with Crippen LogP contribution >= 0.6 is 0 Å². The Morgan fingerprint density at radius 3 is 2.50 bits per heavy atom. The summed E-state index contributed by atoms with van der Waals surface area (Å²) in [5.74, 6) is 1.22. The number of nitrogens with one attached hydrogen (secondary N) is 2. The number of carbonyl (C=O) groups excluding carboxylic acids is 1. The maximum atomic E-state index is 12.1. The fourth-order valence-electron chi connectivity index (χ4n) is 2.90. The van der Waals surface area contributed by atoms with Crippen molar-refractivity contribution in [3.8, 4) is 0 Å². The van der Waals surface area contributed by atoms with Crippen LogP contribution in [0.4, 0.5) is 0 Å². The van der Waals surface area contributed by atoms with Crippen LogP contribution in [0.15, 0.2) is 59.6 Å². The van der Waals surface area contributed by atoms with Gasteiger partial charge >= 0.3 is 0 Å². The van der Waals surface area contributed by atoms with Gasteiger partial charge in [-0.15, -0.1) is 0 Å². The lowest BCUT2D eigenvalue weighted by atomic mass is 10.0. The predicted molar refractivity (Wildman–Crippen MR) is 117 cm³/mol. The molecule has 0 aliphatic carbocycles. The number of rotatable bonds is 8. The highest BCUT2D eigenvalue weighted by atomic mass is 16.2. The van der Waals surface area contributed by atoms with Crippen molar-refractivity contribution in [3.63, 3.8) is 0 Å². The summed E-state index contributed by atoms with van der Waals surface area (Å²) < 4.78 is 0. The molecule has 0 radical (unpaired) electrons. The van der Waals surface area contributed by atoms with Crippen molar-refractivity contribution in [1.29, 1.82) is 0 Å². The second-order valence-electron chi connectivity index (χ2n) is 7.11. The van der Waals surface area contributed by atoms with E-state index in [2.05, 4.69) is 54.8 Å². The fraction of sp³-hybridized carbons (Fsp3) is 0.391. The van der Waals surface area contributed by atoms with E-state index in [1.54, 1.807) is 19.0 Å². The number of amides is 1. The lowest BCUT2D eigenvalue weighted by molar-refractivity contribution is 0.0827. The molecule has 2 rings (SSSR count). The molecular weight excluding hydrogens is 348 g/mol. The molecule has 150 valence electrons. The number of aliphatic imine (C=N–C) groups is 1. The van der Waals surface area contributed by atoms with Gasteiger partial charge in [0.1, 0.15) is 0 Å². The van der Waals surface area contributed by atoms with Gasteiger partial charge in [-0.25, -0.2) is 0 Å². The minimum atomic E-state index is 0.0274. The fourth-order valence-corrected chi connectivity index (χ4v) is 2.90. The standard InChI is InChI=1S/C23H32N4O/c1-5-24-23(26-17-18(2)20-11-7-6-8-12-20)25-15-14-19-10-9-13-21(16-19)22(28)27(3)4/h6-13,16,18H,5,14-15,17H2,1-4H3,(H2,24,25,26). The average Bonchev–Trinajstić information content (AvgIpc) is 2.72. The number of guanidine groups is 1. The predicted octanol–water partition coefficient (Wildman–Crippen LogP) is 3.29. The van der Waals surface area contributed by atoms with Gasteiger partial charge in [-0.1, -0.05) is 49.4 Å². The SMILES string of the molecule is CCNC(=NCC(C)c1ccccc1)NCCc1cccc(C(=O)N(C)C)c1. The van der Waals surface area contributed by atoms with Crippen LogP contribution in [0.2, 0.25) is 0 Å². The van der Waals surface area contributed by atoms with E-state index >= 15 is 0 Å². The Bertz CT molecular complexity index is 771. The van der Waals surface area contributed by atoms with Crippen molar-refractivity contribution >= 4 is 11.9 Å². The van der Waals surface area contributed by atoms with E-state index in [0.717, 1.165) is 43.1 Å². The molecule has 5 heteroatoms. The largest absolute Gasteiger partial charge is 0.357 e. The van der Waals surface area contributed by atoms with Gasteiger partial charge in [0, 0.05) is 45.2 Å². The molecular formula is C23H32N4O. The smallest absolute Gasteiger partial charge is 0.253 e. The highest BCUT2D eigenvalue weighted by Gasteiger charge is 2.08. The quantitative estimate of drug-likeness (QED) is 0.546. The van der Waals surface area contributed by atoms with Crippen molar-refractivity contribution in [1.82, 2.24) is 15.5 Å². The van der Waals surface area contributed by atoms with Gasteiger partial charge in [-0.2, -0.15) is 0 Å². The molecule has 0 aliphatic heterocycles. The minimum Gasteiger partial charge on any atom is -0.357 e. The second-order valence-corrected chi connectivity index (χ2v) is 7.11. The zero-order chi connectivity index (χ0) is 20.4. The molecule has 0 saturated heterocycles. The Balaban J connectivity index is 1.91. The van der Waals surface area contributed by atoms with E-state index in [1.165, 1.54) is 5.56 Å². The van der Waals surface area contributed by atoms with Gasteiger partial charge in [0.25, 0.3) is 5.91 Å². The topological polar surface area (TPSA) is 56.7 Å². The van der Waals surface area contributed by atoms with E-state index in [4.69, 9.17) is 4.99 Å². The van der Waals surface area contributed by atoms with Gasteiger partial charge in [0.05, 0.1) is 0 Å². The van der Waals surface area contributed by atoms with Crippen LogP contribution in [0.1, 0.15) is 41.3 Å². The van der Waals surface area contributed by atoms with Gasteiger partial charge in [0.15, 0.2) is 5.96 Å². The zero-order valence-electron chi connectivity index (χ0n) is 17.4. The summed E-state index contributed by atoms with van der Waals surface area (Å²) in [7, 11) is 3.54. The summed E-state index contributed by atoms with van der Waals surface area (Å²) in [5, 5.41) is 6.69. The number of hydrogen-bond acceptors (Lipinski definition) is 2. The van der Waals surface area contributed by atoms with Crippen molar-refractivity contribution < 1.29 is 4.79 Å². The molecule has 0 heterocycles. The molecule has 0 aliphatic rings. The van der Waals surface area contributed by atoms with Gasteiger partial charge in [0.2, 0.25) is 0 Å². The van der Waals surface area contributed by atoms with Crippen LogP contribution in [0.25, 0.3) is 0 Å². The Kier molecular flexibility index (Phi) is 8.53. The number of carbonyl (C=O) groups is 1. The highest BCUT2D eigenvalue weighted by Crippen LogP contribution is 2.14. The third-order valence-electron chi connectivity index (χ3n) is 4.52. The first-order valence-electron chi connectivity index (χ1n) is 9.89. The van der Waals surface area contributed by atoms with E-state index in [-0.39, 0.29) is 5.91 Å². The molecule has 0 spiro atoms. The van der Waals surface area contributed by atoms with E-state index in [1.807, 2.05) is 24.3 Å². The lowest BCUT2D eigenvalue weighted by Crippen LogP contribution is -2.38. The summed E-state index contributed by atoms with van der Waals surface area (Å²) in [6.07, 6.45) is 0.827. The zero-order valence-corrected chi connectivity index (χ0v) is 17.4. The molecule has 1 amide bonds. The molecule has 2 aromatic carbocycles. The molecule has 0 aromatic heterocycles. The van der Waals surface area contributed by atoms with Crippen LogP contribution in [-0.2, 0) is 6.42 Å². The van der Waals surface area contributed by atoms with Gasteiger partial charge in [-0.3, -0.25) is 9.79 Å². The van der Waals surface area contributed by atoms with E-state index < -0.39 is 0 Å². The van der Waals surface area contributed by atoms with Crippen molar-refractivity contribution in [2.45, 2.75) is 26.2 Å². The van der Waals surface area contributed by atoms with Crippen molar-refractivity contribution in [2.24, 2.45) is 4.99 Å². The Labute approximate surface area is 168 Å². The third-order valence-corrected chi connectivity index (χ3v) is 4.52. The Morgan fingerprint density at radius 2 is 1.82 bits per heavy atom. The van der Waals surface area contributed by atoms with E-state index in [0.29, 0.717) is 5.92 Å². The summed E-state index contributed by atoms with van der Waals surface area (Å²) in [6, 6.07) is 18.3. The first kappa shape index (κ1) is 21.5. The van der Waals surface area contributed by atoms with Gasteiger partial charge in [-0.05, 0) is 36.6 Å². The van der Waals surface area contributed by atoms with Crippen LogP contribution in [0, 0.1) is 0 Å². The normalized spacial score (nSPS) is 12.4. The third kappa shape index (κ3) is 6.72. The monoisotopic (exact) mass is 380 g/mol. The molecule has 2 N–H and O–H groups in total. The molecule has 5 nitrogen and oxygen atoms in total. The maximum absolute atomic E-state index is 12.1. The molecule has 28 heavy (non-hydrogen) atoms. The van der Waals surface area contributed by atoms with Crippen LogP contribution in [0.3, 0.4) is 0 Å². The van der Waals surface area contributed by atoms with Crippen molar-refractivity contribution in [3.05, 3.63) is 71.3 Å². The molecule has 1 atom stereocenters. The summed E-state index contributed by atoms with van der Waals surface area (Å²) in [6.45, 7) is 6.56. The molecule has 1 unspecified atom stereocenters. The average molecular weight is 381 g/mol. The summed E-state index contributed by atoms with van der Waals surface area (Å²) >= 11 is 0. The molecule has 0 saturated carbocycles. The van der Waals surface area contributed by atoms with Gasteiger partial charge < -0.3 is 15.5 Å². The van der Waals surface area contributed by atoms with E-state index in [9.17, 15) is 4.79 Å². The first-order valence-corrected chi connectivity index (χ1v) is 9.89. The minimum absolute atomic E-state index is 0.0274. The van der Waals surface area contributed by atoms with Crippen LogP contribution in [0.5, 0.6) is 0 Å². The Morgan fingerprint density at radius 1 is 1.07 bits per heavy atom. The lowest BCUT2D eigenvalue weighted by Gasteiger charge is -2.14. The molecule has 0 fully saturated rings. The first-order chi connectivity index (χ1) is 13.5. The summed E-state index contributed by atoms with van der Waals surface area (Å²) in [5.41, 5.74) is 3.15. The highest BCUT2D eigenvalue weighted by molar-refractivity contribution is 5.94. The number of benzene rings is 2. The molecule has 0 bridgehead atoms. The number of nitrogens with zero attached hydrogens (tertiary/aromatic N) is 2. The van der Waals surface area contributed by atoms with Crippen molar-refractivity contribution in [2.75, 3.05) is 33.7 Å². The summed E-state index contributed by atoms with van der Waals surface area (Å²) in [4.78, 5) is 18.4. The second kappa shape index (κ2) is 11.1.